The standard InChI is InChI=1S/C14H29NS/c1-4-9-15-13-6-5-7-14(11-13)16-10-8-12(2)3/h12-15H,4-11H2,1-3H3. The molecule has 0 bridgehead atoms. The maximum atomic E-state index is 3.69. The van der Waals surface area contributed by atoms with Gasteiger partial charge in [-0.15, -0.1) is 0 Å². The first-order valence-electron chi connectivity index (χ1n) is 7.07. The minimum Gasteiger partial charge on any atom is -0.314 e. The second kappa shape index (κ2) is 8.41. The van der Waals surface area contributed by atoms with Crippen molar-refractivity contribution in [2.24, 2.45) is 5.92 Å². The average Bonchev–Trinajstić information content (AvgIpc) is 2.26. The fourth-order valence-electron chi connectivity index (χ4n) is 2.30. The lowest BCUT2D eigenvalue weighted by Gasteiger charge is -2.29. The van der Waals surface area contributed by atoms with Crippen LogP contribution < -0.4 is 5.32 Å². The normalized spacial score (nSPS) is 26.2. The molecule has 0 saturated heterocycles. The van der Waals surface area contributed by atoms with Crippen molar-refractivity contribution in [2.45, 2.75) is 70.6 Å². The number of thioether (sulfide) groups is 1. The van der Waals surface area contributed by atoms with Crippen LogP contribution in [0.25, 0.3) is 0 Å². The first kappa shape index (κ1) is 14.4. The second-order valence-corrected chi connectivity index (χ2v) is 6.90. The minimum atomic E-state index is 0.810. The summed E-state index contributed by atoms with van der Waals surface area (Å²) in [5.74, 6) is 2.23. The van der Waals surface area contributed by atoms with Gasteiger partial charge in [0.05, 0.1) is 0 Å². The van der Waals surface area contributed by atoms with E-state index < -0.39 is 0 Å². The Bertz CT molecular complexity index is 170. The summed E-state index contributed by atoms with van der Waals surface area (Å²) in [6.07, 6.45) is 8.34. The molecule has 1 N–H and O–H groups in total. The molecule has 0 aromatic heterocycles. The van der Waals surface area contributed by atoms with Crippen LogP contribution in [0.3, 0.4) is 0 Å². The Hall–Kier alpha value is 0.310. The van der Waals surface area contributed by atoms with E-state index in [1.807, 2.05) is 0 Å². The summed E-state index contributed by atoms with van der Waals surface area (Å²) in [6, 6.07) is 0.810. The molecular weight excluding hydrogens is 214 g/mol. The Morgan fingerprint density at radius 1 is 1.31 bits per heavy atom. The third-order valence-electron chi connectivity index (χ3n) is 3.36. The van der Waals surface area contributed by atoms with Gasteiger partial charge in [-0.25, -0.2) is 0 Å². The van der Waals surface area contributed by atoms with Gasteiger partial charge in [-0.05, 0) is 50.3 Å². The summed E-state index contributed by atoms with van der Waals surface area (Å²) in [4.78, 5) is 0. The number of hydrogen-bond acceptors (Lipinski definition) is 2. The summed E-state index contributed by atoms with van der Waals surface area (Å²) in [5.41, 5.74) is 0. The lowest BCUT2D eigenvalue weighted by atomic mass is 9.95. The molecule has 1 fully saturated rings. The highest BCUT2D eigenvalue weighted by atomic mass is 32.2. The maximum absolute atomic E-state index is 3.69. The van der Waals surface area contributed by atoms with Crippen LogP contribution in [0.5, 0.6) is 0 Å². The molecule has 0 spiro atoms. The Kier molecular flexibility index (Phi) is 7.55. The SMILES string of the molecule is CCCNC1CCCC(SCCC(C)C)C1. The Balaban J connectivity index is 2.12. The maximum Gasteiger partial charge on any atom is 0.00776 e. The van der Waals surface area contributed by atoms with Crippen molar-refractivity contribution in [1.82, 2.24) is 5.32 Å². The molecule has 0 heterocycles. The summed E-state index contributed by atoms with van der Waals surface area (Å²) in [5, 5.41) is 4.62. The highest BCUT2D eigenvalue weighted by Gasteiger charge is 2.21. The number of hydrogen-bond donors (Lipinski definition) is 1. The molecule has 1 nitrogen and oxygen atoms in total. The van der Waals surface area contributed by atoms with Crippen molar-refractivity contribution in [1.29, 1.82) is 0 Å². The number of rotatable bonds is 7. The van der Waals surface area contributed by atoms with Crippen LogP contribution in [0.4, 0.5) is 0 Å². The van der Waals surface area contributed by atoms with E-state index in [4.69, 9.17) is 0 Å². The molecular formula is C14H29NS. The van der Waals surface area contributed by atoms with E-state index in [0.717, 1.165) is 17.2 Å². The van der Waals surface area contributed by atoms with Crippen LogP contribution in [-0.4, -0.2) is 23.6 Å². The van der Waals surface area contributed by atoms with Crippen LogP contribution in [-0.2, 0) is 0 Å². The zero-order chi connectivity index (χ0) is 11.8. The van der Waals surface area contributed by atoms with Gasteiger partial charge in [0.15, 0.2) is 0 Å². The molecule has 1 saturated carbocycles. The topological polar surface area (TPSA) is 12.0 Å². The molecule has 1 aliphatic carbocycles. The van der Waals surface area contributed by atoms with E-state index in [1.54, 1.807) is 0 Å². The summed E-state index contributed by atoms with van der Waals surface area (Å²) >= 11 is 2.22. The molecule has 2 atom stereocenters. The van der Waals surface area contributed by atoms with Crippen LogP contribution in [0.15, 0.2) is 0 Å². The third kappa shape index (κ3) is 6.15. The highest BCUT2D eigenvalue weighted by molar-refractivity contribution is 7.99. The highest BCUT2D eigenvalue weighted by Crippen LogP contribution is 2.29. The van der Waals surface area contributed by atoms with Gasteiger partial charge in [0, 0.05) is 11.3 Å². The lowest BCUT2D eigenvalue weighted by Crippen LogP contribution is -2.35. The van der Waals surface area contributed by atoms with Crippen molar-refractivity contribution < 1.29 is 0 Å². The zero-order valence-electron chi connectivity index (χ0n) is 11.3. The minimum absolute atomic E-state index is 0.810. The monoisotopic (exact) mass is 243 g/mol. The van der Waals surface area contributed by atoms with Gasteiger partial charge < -0.3 is 5.32 Å². The van der Waals surface area contributed by atoms with E-state index in [1.165, 1.54) is 50.8 Å². The first-order chi connectivity index (χ1) is 7.72. The molecule has 96 valence electrons. The fourth-order valence-corrected chi connectivity index (χ4v) is 3.94. The molecule has 0 aliphatic heterocycles. The van der Waals surface area contributed by atoms with Gasteiger partial charge in [-0.3, -0.25) is 0 Å². The van der Waals surface area contributed by atoms with Gasteiger partial charge in [0.25, 0.3) is 0 Å². The van der Waals surface area contributed by atoms with Crippen LogP contribution in [0.1, 0.15) is 59.3 Å². The zero-order valence-corrected chi connectivity index (χ0v) is 12.1. The average molecular weight is 243 g/mol. The molecule has 1 rings (SSSR count). The van der Waals surface area contributed by atoms with Crippen molar-refractivity contribution in [3.63, 3.8) is 0 Å². The Morgan fingerprint density at radius 2 is 2.12 bits per heavy atom. The van der Waals surface area contributed by atoms with E-state index in [0.29, 0.717) is 0 Å². The summed E-state index contributed by atoms with van der Waals surface area (Å²) in [7, 11) is 0. The summed E-state index contributed by atoms with van der Waals surface area (Å²) in [6.45, 7) is 8.11. The molecule has 0 amide bonds. The van der Waals surface area contributed by atoms with Crippen molar-refractivity contribution in [3.05, 3.63) is 0 Å². The van der Waals surface area contributed by atoms with Crippen molar-refractivity contribution in [2.75, 3.05) is 12.3 Å². The quantitative estimate of drug-likeness (QED) is 0.723. The lowest BCUT2D eigenvalue weighted by molar-refractivity contribution is 0.381. The number of nitrogens with one attached hydrogen (secondary N) is 1. The fraction of sp³-hybridized carbons (Fsp3) is 1.00. The van der Waals surface area contributed by atoms with Crippen LogP contribution in [0.2, 0.25) is 0 Å². The van der Waals surface area contributed by atoms with Crippen molar-refractivity contribution in [3.8, 4) is 0 Å². The molecule has 0 aromatic carbocycles. The van der Waals surface area contributed by atoms with Gasteiger partial charge in [-0.1, -0.05) is 27.2 Å². The summed E-state index contributed by atoms with van der Waals surface area (Å²) < 4.78 is 0. The molecule has 0 radical (unpaired) electrons. The van der Waals surface area contributed by atoms with E-state index in [-0.39, 0.29) is 0 Å². The van der Waals surface area contributed by atoms with Gasteiger partial charge in [0.1, 0.15) is 0 Å². The molecule has 0 aromatic rings. The van der Waals surface area contributed by atoms with Gasteiger partial charge >= 0.3 is 0 Å². The Labute approximate surface area is 106 Å². The van der Waals surface area contributed by atoms with Crippen LogP contribution >= 0.6 is 11.8 Å². The predicted molar refractivity (Wildman–Crippen MR) is 76.3 cm³/mol. The molecule has 2 unspecified atom stereocenters. The van der Waals surface area contributed by atoms with Gasteiger partial charge in [-0.2, -0.15) is 11.8 Å². The van der Waals surface area contributed by atoms with E-state index in [2.05, 4.69) is 37.8 Å². The second-order valence-electron chi connectivity index (χ2n) is 5.49. The predicted octanol–water partition coefficient (Wildman–Crippen LogP) is 4.08. The first-order valence-corrected chi connectivity index (χ1v) is 8.12. The van der Waals surface area contributed by atoms with Crippen molar-refractivity contribution >= 4 is 11.8 Å². The third-order valence-corrected chi connectivity index (χ3v) is 4.73. The molecule has 16 heavy (non-hydrogen) atoms. The van der Waals surface area contributed by atoms with E-state index >= 15 is 0 Å². The molecule has 2 heteroatoms. The van der Waals surface area contributed by atoms with E-state index in [9.17, 15) is 0 Å². The van der Waals surface area contributed by atoms with Gasteiger partial charge in [0.2, 0.25) is 0 Å². The largest absolute Gasteiger partial charge is 0.314 e. The van der Waals surface area contributed by atoms with Crippen LogP contribution in [0, 0.1) is 5.92 Å². The smallest absolute Gasteiger partial charge is 0.00776 e. The molecule has 1 aliphatic rings. The Morgan fingerprint density at radius 3 is 2.81 bits per heavy atom.